The summed E-state index contributed by atoms with van der Waals surface area (Å²) in [5.74, 6) is 2.36. The first-order valence-electron chi connectivity index (χ1n) is 4.14. The molecule has 0 aromatic carbocycles. The second-order valence-corrected chi connectivity index (χ2v) is 3.66. The van der Waals surface area contributed by atoms with Crippen LogP contribution in [-0.2, 0) is 0 Å². The standard InChI is InChI=1S/C8H15N2/c9-6-3-5-1-2-8(10)7(5)4-6/h5-6,8H,1-4,9-10H2. The number of rotatable bonds is 0. The van der Waals surface area contributed by atoms with E-state index in [0.29, 0.717) is 12.1 Å². The SMILES string of the molecule is NC1C[C]2C(N)CCC2C1. The highest BCUT2D eigenvalue weighted by atomic mass is 14.7. The normalized spacial score (nSPS) is 48.0. The van der Waals surface area contributed by atoms with Crippen LogP contribution in [0, 0.1) is 11.8 Å². The van der Waals surface area contributed by atoms with Gasteiger partial charge >= 0.3 is 0 Å². The van der Waals surface area contributed by atoms with Crippen LogP contribution in [0.4, 0.5) is 0 Å². The fourth-order valence-corrected chi connectivity index (χ4v) is 2.39. The van der Waals surface area contributed by atoms with Crippen LogP contribution >= 0.6 is 0 Å². The van der Waals surface area contributed by atoms with Gasteiger partial charge in [-0.1, -0.05) is 0 Å². The van der Waals surface area contributed by atoms with Crippen molar-refractivity contribution in [1.29, 1.82) is 0 Å². The molecule has 3 unspecified atom stereocenters. The van der Waals surface area contributed by atoms with Gasteiger partial charge in [0.2, 0.25) is 0 Å². The fourth-order valence-electron chi connectivity index (χ4n) is 2.39. The highest BCUT2D eigenvalue weighted by Gasteiger charge is 2.40. The molecule has 4 N–H and O–H groups in total. The molecule has 0 aromatic rings. The molecule has 0 heterocycles. The second-order valence-electron chi connectivity index (χ2n) is 3.66. The Morgan fingerprint density at radius 1 is 1.20 bits per heavy atom. The summed E-state index contributed by atoms with van der Waals surface area (Å²) >= 11 is 0. The minimum Gasteiger partial charge on any atom is -0.328 e. The summed E-state index contributed by atoms with van der Waals surface area (Å²) in [6, 6.07) is 0.810. The lowest BCUT2D eigenvalue weighted by Gasteiger charge is -2.11. The zero-order chi connectivity index (χ0) is 7.14. The average Bonchev–Trinajstić information content (AvgIpc) is 2.35. The zero-order valence-electron chi connectivity index (χ0n) is 6.22. The Balaban J connectivity index is 2.05. The summed E-state index contributed by atoms with van der Waals surface area (Å²) in [6.07, 6.45) is 4.80. The summed E-state index contributed by atoms with van der Waals surface area (Å²) in [5, 5.41) is 0. The van der Waals surface area contributed by atoms with Gasteiger partial charge in [-0.25, -0.2) is 0 Å². The third-order valence-electron chi connectivity index (χ3n) is 2.91. The molecule has 2 fully saturated rings. The molecule has 2 aliphatic rings. The first kappa shape index (κ1) is 6.62. The highest BCUT2D eigenvalue weighted by molar-refractivity contribution is 5.16. The largest absolute Gasteiger partial charge is 0.328 e. The van der Waals surface area contributed by atoms with Crippen LogP contribution in [0.5, 0.6) is 0 Å². The van der Waals surface area contributed by atoms with E-state index in [1.165, 1.54) is 19.3 Å². The van der Waals surface area contributed by atoms with E-state index in [1.54, 1.807) is 5.92 Å². The Labute approximate surface area is 62.0 Å². The number of hydrogen-bond donors (Lipinski definition) is 2. The fraction of sp³-hybridized carbons (Fsp3) is 0.875. The van der Waals surface area contributed by atoms with Gasteiger partial charge in [0.1, 0.15) is 0 Å². The van der Waals surface area contributed by atoms with Crippen molar-refractivity contribution in [3.63, 3.8) is 0 Å². The second kappa shape index (κ2) is 2.21. The van der Waals surface area contributed by atoms with E-state index in [0.717, 1.165) is 12.3 Å². The van der Waals surface area contributed by atoms with Gasteiger partial charge < -0.3 is 11.5 Å². The molecule has 57 valence electrons. The van der Waals surface area contributed by atoms with Crippen molar-refractivity contribution in [3.8, 4) is 0 Å². The Bertz CT molecular complexity index is 135. The van der Waals surface area contributed by atoms with E-state index in [2.05, 4.69) is 0 Å². The van der Waals surface area contributed by atoms with Gasteiger partial charge in [-0.2, -0.15) is 0 Å². The van der Waals surface area contributed by atoms with Gasteiger partial charge in [-0.05, 0) is 37.5 Å². The van der Waals surface area contributed by atoms with Gasteiger partial charge in [0.25, 0.3) is 0 Å². The smallest absolute Gasteiger partial charge is 0.0105 e. The minimum absolute atomic E-state index is 0.388. The molecule has 2 aliphatic carbocycles. The Morgan fingerprint density at radius 2 is 2.00 bits per heavy atom. The van der Waals surface area contributed by atoms with Crippen LogP contribution < -0.4 is 11.5 Å². The first-order valence-corrected chi connectivity index (χ1v) is 4.14. The highest BCUT2D eigenvalue weighted by Crippen LogP contribution is 2.44. The molecule has 0 amide bonds. The topological polar surface area (TPSA) is 52.0 Å². The summed E-state index contributed by atoms with van der Waals surface area (Å²) in [6.45, 7) is 0. The van der Waals surface area contributed by atoms with Crippen LogP contribution in [0.1, 0.15) is 25.7 Å². The molecule has 2 heteroatoms. The van der Waals surface area contributed by atoms with Crippen molar-refractivity contribution in [3.05, 3.63) is 5.92 Å². The Hall–Kier alpha value is -0.0800. The molecule has 0 saturated heterocycles. The van der Waals surface area contributed by atoms with Crippen molar-refractivity contribution in [2.24, 2.45) is 17.4 Å². The predicted molar refractivity (Wildman–Crippen MR) is 41.2 cm³/mol. The molecule has 2 rings (SSSR count). The molecule has 2 saturated carbocycles. The first-order chi connectivity index (χ1) is 4.77. The third-order valence-corrected chi connectivity index (χ3v) is 2.91. The maximum Gasteiger partial charge on any atom is 0.0105 e. The molecule has 10 heavy (non-hydrogen) atoms. The van der Waals surface area contributed by atoms with Crippen LogP contribution in [0.25, 0.3) is 0 Å². The summed E-state index contributed by atoms with van der Waals surface area (Å²) in [5.41, 5.74) is 11.7. The summed E-state index contributed by atoms with van der Waals surface area (Å²) in [4.78, 5) is 0. The number of hydrogen-bond acceptors (Lipinski definition) is 2. The summed E-state index contributed by atoms with van der Waals surface area (Å²) < 4.78 is 0. The van der Waals surface area contributed by atoms with Gasteiger partial charge in [0.05, 0.1) is 0 Å². The van der Waals surface area contributed by atoms with Gasteiger partial charge in [-0.3, -0.25) is 0 Å². The molecular weight excluding hydrogens is 124 g/mol. The van der Waals surface area contributed by atoms with Crippen LogP contribution in [0.15, 0.2) is 0 Å². The van der Waals surface area contributed by atoms with E-state index in [-0.39, 0.29) is 0 Å². The third kappa shape index (κ3) is 0.867. The summed E-state index contributed by atoms with van der Waals surface area (Å²) in [7, 11) is 0. The van der Waals surface area contributed by atoms with Crippen LogP contribution in [0.2, 0.25) is 0 Å². The number of nitrogens with two attached hydrogens (primary N) is 2. The maximum absolute atomic E-state index is 5.89. The molecule has 0 aromatic heterocycles. The van der Waals surface area contributed by atoms with Crippen LogP contribution in [-0.4, -0.2) is 12.1 Å². The lowest BCUT2D eigenvalue weighted by Crippen LogP contribution is -2.25. The zero-order valence-corrected chi connectivity index (χ0v) is 6.22. The van der Waals surface area contributed by atoms with Crippen molar-refractivity contribution < 1.29 is 0 Å². The Kier molecular flexibility index (Phi) is 1.46. The van der Waals surface area contributed by atoms with Gasteiger partial charge in [0.15, 0.2) is 0 Å². The molecule has 0 aliphatic heterocycles. The van der Waals surface area contributed by atoms with Crippen molar-refractivity contribution in [1.82, 2.24) is 0 Å². The molecule has 2 nitrogen and oxygen atoms in total. The van der Waals surface area contributed by atoms with Crippen molar-refractivity contribution >= 4 is 0 Å². The lowest BCUT2D eigenvalue weighted by molar-refractivity contribution is 0.564. The monoisotopic (exact) mass is 139 g/mol. The predicted octanol–water partition coefficient (Wildman–Crippen LogP) is 0.419. The number of fused-ring (bicyclic) bond motifs is 1. The van der Waals surface area contributed by atoms with Crippen LogP contribution in [0.3, 0.4) is 0 Å². The lowest BCUT2D eigenvalue weighted by atomic mass is 9.98. The molecular formula is C8H15N2. The molecule has 3 atom stereocenters. The van der Waals surface area contributed by atoms with Crippen molar-refractivity contribution in [2.45, 2.75) is 37.8 Å². The molecule has 0 spiro atoms. The Morgan fingerprint density at radius 3 is 2.70 bits per heavy atom. The van der Waals surface area contributed by atoms with E-state index in [1.807, 2.05) is 0 Å². The quantitative estimate of drug-likeness (QED) is 0.511. The van der Waals surface area contributed by atoms with E-state index in [4.69, 9.17) is 11.5 Å². The van der Waals surface area contributed by atoms with Gasteiger partial charge in [-0.15, -0.1) is 0 Å². The average molecular weight is 139 g/mol. The van der Waals surface area contributed by atoms with E-state index < -0.39 is 0 Å². The molecule has 1 radical (unpaired) electrons. The van der Waals surface area contributed by atoms with Gasteiger partial charge in [0, 0.05) is 12.1 Å². The molecule has 0 bridgehead atoms. The van der Waals surface area contributed by atoms with E-state index >= 15 is 0 Å². The maximum atomic E-state index is 5.89. The van der Waals surface area contributed by atoms with E-state index in [9.17, 15) is 0 Å². The van der Waals surface area contributed by atoms with Crippen molar-refractivity contribution in [2.75, 3.05) is 0 Å². The minimum atomic E-state index is 0.388.